The summed E-state index contributed by atoms with van der Waals surface area (Å²) < 4.78 is 121. The Balaban J connectivity index is 1.32. The monoisotopic (exact) mass is 1550 g/mol. The second-order valence-electron chi connectivity index (χ2n) is 32.5. The third-order valence-corrected chi connectivity index (χ3v) is 24.2. The molecule has 2 unspecified atom stereocenters. The van der Waals surface area contributed by atoms with Crippen LogP contribution >= 0.6 is 0 Å². The average molecular weight is 1550 g/mol. The fourth-order valence-electron chi connectivity index (χ4n) is 17.3. The zero-order valence-corrected chi connectivity index (χ0v) is 65.3. The van der Waals surface area contributed by atoms with Crippen molar-refractivity contribution in [2.75, 3.05) is 89.2 Å². The minimum atomic E-state index is -5.21. The van der Waals surface area contributed by atoms with Crippen LogP contribution in [0, 0.1) is 41.4 Å². The first kappa shape index (κ1) is 88.3. The topological polar surface area (TPSA) is 279 Å². The third kappa shape index (κ3) is 21.4. The second-order valence-corrected chi connectivity index (χ2v) is 32.5. The van der Waals surface area contributed by atoms with Crippen molar-refractivity contribution in [2.24, 2.45) is 41.4 Å². The third-order valence-electron chi connectivity index (χ3n) is 24.2. The van der Waals surface area contributed by atoms with Crippen LogP contribution in [0.4, 0.5) is 35.1 Å². The SMILES string of the molecule is CCO[C@@H]1C[C@H]2C(=O)NC3(CCC3)C(=O)N(C)[C@@H](C3CCCC3)C(=O)N(C)[C@H](C(=O)N(C)C)CC(=O)N(C)[C@@H](CC(C)C)C(=O)N[C@@H]([C@@H](C)CC)C(=O)N(C)CC(=O)N(C)[C@H]3CCCCCN(C3=O)[C@@H](CC3CCC(C(F)(F)F)CC3)C(=O)N(C)CC(=O)N[C@@H](CCC3CC(F)C(C(F)(F)F)C(F)C3)C(=O)N2C1. The van der Waals surface area contributed by atoms with Gasteiger partial charge in [0.05, 0.1) is 31.5 Å². The summed E-state index contributed by atoms with van der Waals surface area (Å²) in [5.41, 5.74) is -1.69. The highest BCUT2D eigenvalue weighted by molar-refractivity contribution is 6.01. The molecular formula is C75H118F8N12O13. The number of carbonyl (C=O) groups is 12. The molecule has 0 aromatic rings. The van der Waals surface area contributed by atoms with Crippen molar-refractivity contribution in [1.29, 1.82) is 0 Å². The van der Waals surface area contributed by atoms with Crippen molar-refractivity contribution in [1.82, 2.24) is 60.0 Å². The van der Waals surface area contributed by atoms with Crippen LogP contribution in [0.2, 0.25) is 0 Å². The number of likely N-dealkylation sites (N-methyl/N-ethyl adjacent to an activating group) is 7. The number of nitrogens with zero attached hydrogens (tertiary/aromatic N) is 9. The van der Waals surface area contributed by atoms with Gasteiger partial charge < -0.3 is 64.8 Å². The van der Waals surface area contributed by atoms with Crippen LogP contribution < -0.4 is 16.0 Å². The van der Waals surface area contributed by atoms with Gasteiger partial charge in [-0.3, -0.25) is 57.5 Å². The molecule has 7 fully saturated rings. The van der Waals surface area contributed by atoms with Crippen molar-refractivity contribution < 1.29 is 97.4 Å². The molecule has 33 heteroatoms. The van der Waals surface area contributed by atoms with Gasteiger partial charge in [0, 0.05) is 82.5 Å². The van der Waals surface area contributed by atoms with E-state index in [1.807, 2.05) is 13.8 Å². The minimum Gasteiger partial charge on any atom is -0.377 e. The Morgan fingerprint density at radius 3 is 1.77 bits per heavy atom. The van der Waals surface area contributed by atoms with Gasteiger partial charge in [-0.2, -0.15) is 26.3 Å². The molecule has 0 aromatic carbocycles. The number of amides is 12. The average Bonchev–Trinajstić information content (AvgIpc) is 1.18. The maximum absolute atomic E-state index is 15.5. The molecular weight excluding hydrogens is 1430 g/mol. The Kier molecular flexibility index (Phi) is 30.9. The Labute approximate surface area is 630 Å². The van der Waals surface area contributed by atoms with E-state index in [1.54, 1.807) is 20.8 Å². The van der Waals surface area contributed by atoms with Gasteiger partial charge in [-0.15, -0.1) is 0 Å². The molecule has 3 N–H and O–H groups in total. The predicted molar refractivity (Wildman–Crippen MR) is 381 cm³/mol. The quantitative estimate of drug-likeness (QED) is 0.165. The van der Waals surface area contributed by atoms with E-state index in [0.29, 0.717) is 57.8 Å². The summed E-state index contributed by atoms with van der Waals surface area (Å²) in [6.07, 6.45) is -15.2. The van der Waals surface area contributed by atoms with E-state index in [9.17, 15) is 55.1 Å². The number of hydrogen-bond donors (Lipinski definition) is 3. The van der Waals surface area contributed by atoms with E-state index in [4.69, 9.17) is 4.74 Å². The van der Waals surface area contributed by atoms with Crippen LogP contribution in [0.25, 0.3) is 0 Å². The Hall–Kier alpha value is -6.96. The highest BCUT2D eigenvalue weighted by Gasteiger charge is 2.56. The van der Waals surface area contributed by atoms with Crippen molar-refractivity contribution in [3.05, 3.63) is 0 Å². The zero-order valence-electron chi connectivity index (χ0n) is 65.3. The molecule has 612 valence electrons. The highest BCUT2D eigenvalue weighted by Crippen LogP contribution is 2.46. The maximum atomic E-state index is 15.5. The van der Waals surface area contributed by atoms with Gasteiger partial charge in [-0.25, -0.2) is 8.78 Å². The van der Waals surface area contributed by atoms with Crippen molar-refractivity contribution >= 4 is 70.9 Å². The number of halogens is 8. The van der Waals surface area contributed by atoms with E-state index in [1.165, 1.54) is 71.1 Å². The highest BCUT2D eigenvalue weighted by atomic mass is 19.4. The smallest absolute Gasteiger partial charge is 0.377 e. The van der Waals surface area contributed by atoms with Gasteiger partial charge in [-0.1, -0.05) is 59.8 Å². The van der Waals surface area contributed by atoms with Crippen LogP contribution in [0.3, 0.4) is 0 Å². The Morgan fingerprint density at radius 1 is 0.602 bits per heavy atom. The molecule has 12 atom stereocenters. The number of carbonyl (C=O) groups excluding carboxylic acids is 12. The first-order valence-corrected chi connectivity index (χ1v) is 38.9. The van der Waals surface area contributed by atoms with Gasteiger partial charge in [0.1, 0.15) is 72.1 Å². The van der Waals surface area contributed by atoms with Crippen LogP contribution in [-0.2, 0) is 62.3 Å². The summed E-state index contributed by atoms with van der Waals surface area (Å²) in [6, 6.07) is -11.2. The molecule has 0 aromatic heterocycles. The molecule has 3 saturated heterocycles. The Bertz CT molecular complexity index is 3170. The van der Waals surface area contributed by atoms with Crippen LogP contribution in [0.1, 0.15) is 189 Å². The predicted octanol–water partition coefficient (Wildman–Crippen LogP) is 6.57. The number of hydrogen-bond acceptors (Lipinski definition) is 13. The van der Waals surface area contributed by atoms with E-state index in [-0.39, 0.29) is 96.2 Å². The molecule has 0 radical (unpaired) electrons. The molecule has 12 amide bonds. The lowest BCUT2D eigenvalue weighted by molar-refractivity contribution is -0.219. The van der Waals surface area contributed by atoms with Gasteiger partial charge in [-0.05, 0) is 146 Å². The molecule has 7 aliphatic rings. The summed E-state index contributed by atoms with van der Waals surface area (Å²) in [5.74, 6) is -16.8. The molecule has 4 aliphatic carbocycles. The van der Waals surface area contributed by atoms with Crippen molar-refractivity contribution in [3.8, 4) is 0 Å². The normalized spacial score (nSPS) is 31.8. The first-order chi connectivity index (χ1) is 50.6. The van der Waals surface area contributed by atoms with Crippen LogP contribution in [0.15, 0.2) is 0 Å². The maximum Gasteiger partial charge on any atom is 0.397 e. The fourth-order valence-corrected chi connectivity index (χ4v) is 17.3. The summed E-state index contributed by atoms with van der Waals surface area (Å²) >= 11 is 0. The number of rotatable bonds is 13. The molecule has 3 aliphatic heterocycles. The molecule has 7 rings (SSSR count). The fraction of sp³-hybridized carbons (Fsp3) is 0.840. The van der Waals surface area contributed by atoms with Gasteiger partial charge in [0.25, 0.3) is 0 Å². The lowest BCUT2D eigenvalue weighted by atomic mass is 9.74. The number of nitrogens with one attached hydrogen (secondary N) is 3. The van der Waals surface area contributed by atoms with E-state index >= 15 is 37.5 Å². The molecule has 1 spiro atoms. The number of fused-ring (bicyclic) bond motifs is 3. The standard InChI is InChI=1S/C75H118F8N12O13/c1-14-44(5)62-70(105)89(9)42-60(98)90(10)53-24-17-16-20-33-94(69(53)104)57(37-45-25-28-48(29-26-45)74(78,79)80)68(103)88(8)41-58(96)84-52(30-27-46-35-50(76)61(51(77)36-46)75(81,82)83)66(101)95-40-49(108-15-2)38-55(95)65(100)86-73(31-21-32-73)72(107)93(13)63(47-22-18-19-23-47)71(106)92(12)56(67(102)87(6)7)39-59(97)91(11)54(34-43(3)4)64(99)85-62/h43-57,61-63H,14-42H2,1-13H3,(H,84,96)(H,85,99)(H,86,100)/t44-,45?,46?,48?,49+,50?,51?,52-,53-,54-,55-,56-,57-,61?,62-,63-/m0/s1. The van der Waals surface area contributed by atoms with Crippen LogP contribution in [0.5, 0.6) is 0 Å². The van der Waals surface area contributed by atoms with E-state index < -0.39 is 230 Å². The summed E-state index contributed by atoms with van der Waals surface area (Å²) in [5, 5.41) is 8.43. The molecule has 3 heterocycles. The van der Waals surface area contributed by atoms with E-state index in [0.717, 1.165) is 29.4 Å². The largest absolute Gasteiger partial charge is 0.397 e. The molecule has 2 bridgehead atoms. The lowest BCUT2D eigenvalue weighted by Gasteiger charge is -2.46. The number of ether oxygens (including phenoxy) is 1. The zero-order chi connectivity index (χ0) is 80.4. The summed E-state index contributed by atoms with van der Waals surface area (Å²) in [7, 11) is 10.9. The molecule has 25 nitrogen and oxygen atoms in total. The Morgan fingerprint density at radius 2 is 1.21 bits per heavy atom. The molecule has 4 saturated carbocycles. The van der Waals surface area contributed by atoms with Gasteiger partial charge in [0.2, 0.25) is 70.9 Å². The second kappa shape index (κ2) is 37.8. The van der Waals surface area contributed by atoms with Crippen LogP contribution in [-0.4, -0.2) is 289 Å². The molecule has 108 heavy (non-hydrogen) atoms. The van der Waals surface area contributed by atoms with Crippen molar-refractivity contribution in [3.63, 3.8) is 0 Å². The summed E-state index contributed by atoms with van der Waals surface area (Å²) in [4.78, 5) is 192. The number of alkyl halides is 8. The first-order valence-electron chi connectivity index (χ1n) is 38.9. The van der Waals surface area contributed by atoms with Gasteiger partial charge >= 0.3 is 12.4 Å². The van der Waals surface area contributed by atoms with E-state index in [2.05, 4.69) is 16.0 Å². The summed E-state index contributed by atoms with van der Waals surface area (Å²) in [6.45, 7) is 7.02. The van der Waals surface area contributed by atoms with Crippen molar-refractivity contribution in [2.45, 2.75) is 273 Å². The minimum absolute atomic E-state index is 0.00891. The van der Waals surface area contributed by atoms with Gasteiger partial charge in [0.15, 0.2) is 0 Å². The lowest BCUT2D eigenvalue weighted by Crippen LogP contribution is -2.68.